The highest BCUT2D eigenvalue weighted by Crippen LogP contribution is 2.43. The smallest absolute Gasteiger partial charge is 0.237 e. The quantitative estimate of drug-likeness (QED) is 0.772. The average Bonchev–Trinajstić information content (AvgIpc) is 2.86. The molecule has 114 valence electrons. The molecule has 0 bridgehead atoms. The summed E-state index contributed by atoms with van der Waals surface area (Å²) in [6.45, 7) is 1.19. The predicted molar refractivity (Wildman–Crippen MR) is 85.1 cm³/mol. The molecule has 1 aromatic carbocycles. The van der Waals surface area contributed by atoms with E-state index in [0.717, 1.165) is 17.3 Å². The summed E-state index contributed by atoms with van der Waals surface area (Å²) in [4.78, 5) is 12.2. The van der Waals surface area contributed by atoms with E-state index in [1.165, 1.54) is 12.0 Å². The summed E-state index contributed by atoms with van der Waals surface area (Å²) < 4.78 is 1.08. The van der Waals surface area contributed by atoms with E-state index in [2.05, 4.69) is 50.8 Å². The van der Waals surface area contributed by atoms with E-state index in [9.17, 15) is 9.90 Å². The SMILES string of the molecule is O=C(NCC1(c2ccc(Br)cc2)CCC1)[C@H]1C[C@@H](O)CN1. The number of hydrogen-bond donors (Lipinski definition) is 3. The molecule has 1 aliphatic heterocycles. The van der Waals surface area contributed by atoms with Crippen LogP contribution in [0.3, 0.4) is 0 Å². The highest BCUT2D eigenvalue weighted by molar-refractivity contribution is 9.10. The minimum absolute atomic E-state index is 0.00920. The zero-order chi connectivity index (χ0) is 14.9. The lowest BCUT2D eigenvalue weighted by atomic mass is 9.64. The van der Waals surface area contributed by atoms with Crippen LogP contribution in [-0.4, -0.2) is 36.2 Å². The van der Waals surface area contributed by atoms with Crippen LogP contribution in [0.2, 0.25) is 0 Å². The van der Waals surface area contributed by atoms with Gasteiger partial charge in [0.05, 0.1) is 12.1 Å². The second-order valence-electron chi connectivity index (χ2n) is 6.21. The number of hydrogen-bond acceptors (Lipinski definition) is 3. The Morgan fingerprint density at radius 2 is 2.10 bits per heavy atom. The number of carbonyl (C=O) groups excluding carboxylic acids is 1. The summed E-state index contributed by atoms with van der Waals surface area (Å²) in [6.07, 6.45) is 3.57. The van der Waals surface area contributed by atoms with Crippen LogP contribution in [0.25, 0.3) is 0 Å². The second kappa shape index (κ2) is 6.07. The number of β-amino-alcohol motifs (C(OH)–C–C–N with tert-alkyl or cyclic N) is 1. The minimum atomic E-state index is -0.398. The first-order valence-electron chi connectivity index (χ1n) is 7.54. The monoisotopic (exact) mass is 352 g/mol. The fourth-order valence-corrected chi connectivity index (χ4v) is 3.54. The lowest BCUT2D eigenvalue weighted by Gasteiger charge is -2.42. The first kappa shape index (κ1) is 15.0. The molecule has 0 aromatic heterocycles. The van der Waals surface area contributed by atoms with Crippen LogP contribution in [0.1, 0.15) is 31.2 Å². The largest absolute Gasteiger partial charge is 0.392 e. The van der Waals surface area contributed by atoms with Gasteiger partial charge in [0, 0.05) is 23.0 Å². The van der Waals surface area contributed by atoms with Gasteiger partial charge in [-0.15, -0.1) is 0 Å². The van der Waals surface area contributed by atoms with Crippen molar-refractivity contribution in [3.63, 3.8) is 0 Å². The van der Waals surface area contributed by atoms with Gasteiger partial charge in [0.25, 0.3) is 0 Å². The van der Waals surface area contributed by atoms with Gasteiger partial charge in [-0.3, -0.25) is 4.79 Å². The Labute approximate surface area is 133 Å². The molecule has 1 saturated heterocycles. The highest BCUT2D eigenvalue weighted by Gasteiger charge is 2.39. The summed E-state index contributed by atoms with van der Waals surface area (Å²) in [5, 5.41) is 15.6. The van der Waals surface area contributed by atoms with Crippen LogP contribution in [0.4, 0.5) is 0 Å². The van der Waals surface area contributed by atoms with Gasteiger partial charge in [0.1, 0.15) is 0 Å². The second-order valence-corrected chi connectivity index (χ2v) is 7.12. The van der Waals surface area contributed by atoms with Crippen LogP contribution in [-0.2, 0) is 10.2 Å². The van der Waals surface area contributed by atoms with E-state index in [0.29, 0.717) is 19.5 Å². The van der Waals surface area contributed by atoms with Gasteiger partial charge in [0.2, 0.25) is 5.91 Å². The van der Waals surface area contributed by atoms with E-state index >= 15 is 0 Å². The molecule has 1 saturated carbocycles. The Balaban J connectivity index is 1.62. The van der Waals surface area contributed by atoms with Crippen LogP contribution in [0, 0.1) is 0 Å². The summed E-state index contributed by atoms with van der Waals surface area (Å²) in [7, 11) is 0. The Hall–Kier alpha value is -0.910. The van der Waals surface area contributed by atoms with Gasteiger partial charge in [-0.1, -0.05) is 34.5 Å². The number of rotatable bonds is 4. The van der Waals surface area contributed by atoms with E-state index in [4.69, 9.17) is 0 Å². The summed E-state index contributed by atoms with van der Waals surface area (Å²) in [5.41, 5.74) is 1.39. The molecule has 3 N–H and O–H groups in total. The summed E-state index contributed by atoms with van der Waals surface area (Å²) in [5.74, 6) is 0.00920. The Morgan fingerprint density at radius 3 is 2.62 bits per heavy atom. The molecular formula is C16H21BrN2O2. The van der Waals surface area contributed by atoms with Gasteiger partial charge >= 0.3 is 0 Å². The maximum atomic E-state index is 12.2. The van der Waals surface area contributed by atoms with Crippen molar-refractivity contribution in [2.45, 2.75) is 43.2 Å². The standard InChI is InChI=1S/C16H21BrN2O2/c17-12-4-2-11(3-5-12)16(6-1-7-16)10-19-15(21)14-8-13(20)9-18-14/h2-5,13-14,18,20H,1,6-10H2,(H,19,21)/t13-,14-/m1/s1. The number of aliphatic hydroxyl groups is 1. The zero-order valence-electron chi connectivity index (χ0n) is 11.9. The van der Waals surface area contributed by atoms with Crippen molar-refractivity contribution in [1.29, 1.82) is 0 Å². The Morgan fingerprint density at radius 1 is 1.38 bits per heavy atom. The van der Waals surface area contributed by atoms with Crippen molar-refractivity contribution in [2.75, 3.05) is 13.1 Å². The average molecular weight is 353 g/mol. The van der Waals surface area contributed by atoms with Crippen molar-refractivity contribution < 1.29 is 9.90 Å². The van der Waals surface area contributed by atoms with Gasteiger partial charge in [-0.2, -0.15) is 0 Å². The predicted octanol–water partition coefficient (Wildman–Crippen LogP) is 1.71. The summed E-state index contributed by atoms with van der Waals surface area (Å²) >= 11 is 3.46. The molecule has 1 heterocycles. The lowest BCUT2D eigenvalue weighted by molar-refractivity contribution is -0.123. The van der Waals surface area contributed by atoms with Crippen molar-refractivity contribution in [3.8, 4) is 0 Å². The molecule has 1 aromatic rings. The number of halogens is 1. The first-order valence-corrected chi connectivity index (χ1v) is 8.34. The van der Waals surface area contributed by atoms with Crippen molar-refractivity contribution in [1.82, 2.24) is 10.6 Å². The van der Waals surface area contributed by atoms with Gasteiger partial charge in [0.15, 0.2) is 0 Å². The van der Waals surface area contributed by atoms with E-state index in [-0.39, 0.29) is 17.4 Å². The minimum Gasteiger partial charge on any atom is -0.392 e. The molecule has 2 fully saturated rings. The molecular weight excluding hydrogens is 332 g/mol. The maximum absolute atomic E-state index is 12.2. The zero-order valence-corrected chi connectivity index (χ0v) is 13.5. The lowest BCUT2D eigenvalue weighted by Crippen LogP contribution is -2.49. The molecule has 3 rings (SSSR count). The molecule has 1 aliphatic carbocycles. The molecule has 4 nitrogen and oxygen atoms in total. The third-order valence-corrected chi connectivity index (χ3v) is 5.32. The normalized spacial score (nSPS) is 27.1. The van der Waals surface area contributed by atoms with Crippen molar-refractivity contribution >= 4 is 21.8 Å². The highest BCUT2D eigenvalue weighted by atomic mass is 79.9. The number of benzene rings is 1. The van der Waals surface area contributed by atoms with Gasteiger partial charge < -0.3 is 15.7 Å². The Bertz CT molecular complexity index is 514. The first-order chi connectivity index (χ1) is 10.1. The maximum Gasteiger partial charge on any atom is 0.237 e. The molecule has 2 aliphatic rings. The molecule has 2 atom stereocenters. The van der Waals surface area contributed by atoms with E-state index in [1.807, 2.05) is 0 Å². The van der Waals surface area contributed by atoms with E-state index < -0.39 is 6.10 Å². The van der Waals surface area contributed by atoms with Crippen molar-refractivity contribution in [3.05, 3.63) is 34.3 Å². The number of amides is 1. The Kier molecular flexibility index (Phi) is 4.33. The third kappa shape index (κ3) is 3.15. The van der Waals surface area contributed by atoms with Gasteiger partial charge in [-0.05, 0) is 37.0 Å². The fourth-order valence-electron chi connectivity index (χ4n) is 3.27. The van der Waals surface area contributed by atoms with Gasteiger partial charge in [-0.25, -0.2) is 0 Å². The van der Waals surface area contributed by atoms with Crippen LogP contribution in [0.15, 0.2) is 28.7 Å². The van der Waals surface area contributed by atoms with Crippen LogP contribution in [0.5, 0.6) is 0 Å². The number of carbonyl (C=O) groups is 1. The molecule has 0 radical (unpaired) electrons. The summed E-state index contributed by atoms with van der Waals surface area (Å²) in [6, 6.07) is 8.17. The molecule has 0 spiro atoms. The van der Waals surface area contributed by atoms with E-state index in [1.54, 1.807) is 0 Å². The third-order valence-electron chi connectivity index (χ3n) is 4.79. The molecule has 21 heavy (non-hydrogen) atoms. The fraction of sp³-hybridized carbons (Fsp3) is 0.562. The topological polar surface area (TPSA) is 61.4 Å². The molecule has 1 amide bonds. The number of aliphatic hydroxyl groups excluding tert-OH is 1. The van der Waals surface area contributed by atoms with Crippen LogP contribution < -0.4 is 10.6 Å². The molecule has 5 heteroatoms. The van der Waals surface area contributed by atoms with Crippen molar-refractivity contribution in [2.24, 2.45) is 0 Å². The van der Waals surface area contributed by atoms with Crippen LogP contribution >= 0.6 is 15.9 Å². The molecule has 0 unspecified atom stereocenters. The number of nitrogens with one attached hydrogen (secondary N) is 2.